The Labute approximate surface area is 84.7 Å². The molecule has 2 rings (SSSR count). The first kappa shape index (κ1) is 9.65. The van der Waals surface area contributed by atoms with E-state index in [1.54, 1.807) is 0 Å². The van der Waals surface area contributed by atoms with E-state index in [2.05, 4.69) is 33.9 Å². The molecule has 2 heterocycles. The largest absolute Gasteiger partial charge is 0.314 e. The number of aromatic nitrogens is 3. The summed E-state index contributed by atoms with van der Waals surface area (Å²) in [5.74, 6) is 2.10. The highest BCUT2D eigenvalue weighted by Gasteiger charge is 2.34. The summed E-state index contributed by atoms with van der Waals surface area (Å²) in [5.41, 5.74) is 0.0390. The number of hydrogen-bond donors (Lipinski definition) is 1. The molecule has 14 heavy (non-hydrogen) atoms. The van der Waals surface area contributed by atoms with Crippen molar-refractivity contribution in [2.24, 2.45) is 0 Å². The molecule has 0 spiro atoms. The van der Waals surface area contributed by atoms with Gasteiger partial charge in [0, 0.05) is 6.54 Å². The van der Waals surface area contributed by atoms with Gasteiger partial charge in [0.2, 0.25) is 0 Å². The Morgan fingerprint density at radius 1 is 1.50 bits per heavy atom. The van der Waals surface area contributed by atoms with E-state index in [1.165, 1.54) is 6.42 Å². The van der Waals surface area contributed by atoms with E-state index in [9.17, 15) is 0 Å². The SMILES string of the molecule is CCn1c(C)nnc1C1(C)CCCN1. The van der Waals surface area contributed by atoms with Crippen LogP contribution < -0.4 is 5.32 Å². The second-order valence-corrected chi connectivity index (χ2v) is 4.18. The fourth-order valence-corrected chi connectivity index (χ4v) is 2.25. The first-order valence-electron chi connectivity index (χ1n) is 5.32. The van der Waals surface area contributed by atoms with Crippen molar-refractivity contribution in [1.82, 2.24) is 20.1 Å². The molecule has 4 heteroatoms. The van der Waals surface area contributed by atoms with Crippen molar-refractivity contribution in [2.75, 3.05) is 6.54 Å². The Balaban J connectivity index is 2.39. The first-order valence-corrected chi connectivity index (χ1v) is 5.32. The molecule has 1 aromatic rings. The summed E-state index contributed by atoms with van der Waals surface area (Å²) in [6.45, 7) is 8.41. The Bertz CT molecular complexity index is 323. The van der Waals surface area contributed by atoms with Crippen LogP contribution in [-0.4, -0.2) is 21.3 Å². The lowest BCUT2D eigenvalue weighted by Gasteiger charge is -2.23. The molecule has 0 aliphatic carbocycles. The van der Waals surface area contributed by atoms with E-state index >= 15 is 0 Å². The van der Waals surface area contributed by atoms with Gasteiger partial charge in [-0.2, -0.15) is 0 Å². The number of nitrogens with one attached hydrogen (secondary N) is 1. The molecule has 0 saturated carbocycles. The van der Waals surface area contributed by atoms with E-state index in [-0.39, 0.29) is 5.54 Å². The summed E-state index contributed by atoms with van der Waals surface area (Å²) in [6.07, 6.45) is 2.39. The normalized spacial score (nSPS) is 27.1. The maximum atomic E-state index is 4.29. The molecule has 0 aromatic carbocycles. The molecule has 1 saturated heterocycles. The van der Waals surface area contributed by atoms with Gasteiger partial charge in [0.1, 0.15) is 5.82 Å². The zero-order chi connectivity index (χ0) is 10.2. The maximum absolute atomic E-state index is 4.29. The van der Waals surface area contributed by atoms with Crippen LogP contribution in [0, 0.1) is 6.92 Å². The lowest BCUT2D eigenvalue weighted by Crippen LogP contribution is -2.36. The van der Waals surface area contributed by atoms with Crippen LogP contribution in [0.1, 0.15) is 38.3 Å². The molecule has 1 aliphatic rings. The van der Waals surface area contributed by atoms with Crippen LogP contribution in [0.3, 0.4) is 0 Å². The molecular weight excluding hydrogens is 176 g/mol. The van der Waals surface area contributed by atoms with Gasteiger partial charge in [-0.05, 0) is 40.2 Å². The van der Waals surface area contributed by atoms with Crippen LogP contribution >= 0.6 is 0 Å². The van der Waals surface area contributed by atoms with Gasteiger partial charge in [-0.15, -0.1) is 10.2 Å². The fraction of sp³-hybridized carbons (Fsp3) is 0.800. The summed E-state index contributed by atoms with van der Waals surface area (Å²) in [6, 6.07) is 0. The number of hydrogen-bond acceptors (Lipinski definition) is 3. The average Bonchev–Trinajstić information content (AvgIpc) is 2.73. The Morgan fingerprint density at radius 3 is 2.86 bits per heavy atom. The van der Waals surface area contributed by atoms with Gasteiger partial charge in [0.05, 0.1) is 5.54 Å². The second kappa shape index (κ2) is 3.35. The molecular formula is C10H18N4. The van der Waals surface area contributed by atoms with E-state index < -0.39 is 0 Å². The highest BCUT2D eigenvalue weighted by Crippen LogP contribution is 2.29. The van der Waals surface area contributed by atoms with Gasteiger partial charge in [0.15, 0.2) is 5.82 Å². The predicted octanol–water partition coefficient (Wildman–Crippen LogP) is 1.21. The van der Waals surface area contributed by atoms with Crippen molar-refractivity contribution in [3.63, 3.8) is 0 Å². The number of aryl methyl sites for hydroxylation is 1. The number of nitrogens with zero attached hydrogens (tertiary/aromatic N) is 3. The second-order valence-electron chi connectivity index (χ2n) is 4.18. The number of rotatable bonds is 2. The summed E-state index contributed by atoms with van der Waals surface area (Å²) in [5, 5.41) is 12.0. The summed E-state index contributed by atoms with van der Waals surface area (Å²) in [4.78, 5) is 0. The smallest absolute Gasteiger partial charge is 0.153 e. The molecule has 1 aliphatic heterocycles. The molecule has 0 bridgehead atoms. The molecule has 1 unspecified atom stereocenters. The van der Waals surface area contributed by atoms with Crippen LogP contribution in [0.15, 0.2) is 0 Å². The van der Waals surface area contributed by atoms with Gasteiger partial charge in [-0.1, -0.05) is 0 Å². The quantitative estimate of drug-likeness (QED) is 0.769. The standard InChI is InChI=1S/C10H18N4/c1-4-14-8(2)12-13-9(14)10(3)6-5-7-11-10/h11H,4-7H2,1-3H3. The van der Waals surface area contributed by atoms with Gasteiger partial charge in [-0.25, -0.2) is 0 Å². The summed E-state index contributed by atoms with van der Waals surface area (Å²) < 4.78 is 2.19. The molecule has 78 valence electrons. The van der Waals surface area contributed by atoms with Crippen LogP contribution in [0.25, 0.3) is 0 Å². The predicted molar refractivity (Wildman–Crippen MR) is 55.0 cm³/mol. The lowest BCUT2D eigenvalue weighted by atomic mass is 9.99. The highest BCUT2D eigenvalue weighted by atomic mass is 15.3. The molecule has 1 fully saturated rings. The molecule has 1 aromatic heterocycles. The third-order valence-electron chi connectivity index (χ3n) is 3.11. The fourth-order valence-electron chi connectivity index (χ4n) is 2.25. The topological polar surface area (TPSA) is 42.7 Å². The highest BCUT2D eigenvalue weighted by molar-refractivity contribution is 5.09. The van der Waals surface area contributed by atoms with Crippen molar-refractivity contribution in [3.8, 4) is 0 Å². The average molecular weight is 194 g/mol. The van der Waals surface area contributed by atoms with Gasteiger partial charge in [-0.3, -0.25) is 0 Å². The Kier molecular flexibility index (Phi) is 2.31. The van der Waals surface area contributed by atoms with Crippen molar-refractivity contribution in [1.29, 1.82) is 0 Å². The van der Waals surface area contributed by atoms with Crippen LogP contribution in [-0.2, 0) is 12.1 Å². The van der Waals surface area contributed by atoms with Gasteiger partial charge >= 0.3 is 0 Å². The zero-order valence-corrected chi connectivity index (χ0v) is 9.17. The van der Waals surface area contributed by atoms with Crippen molar-refractivity contribution in [2.45, 2.75) is 45.7 Å². The lowest BCUT2D eigenvalue weighted by molar-refractivity contribution is 0.386. The van der Waals surface area contributed by atoms with Crippen molar-refractivity contribution < 1.29 is 0 Å². The minimum Gasteiger partial charge on any atom is -0.314 e. The van der Waals surface area contributed by atoms with Crippen molar-refractivity contribution in [3.05, 3.63) is 11.6 Å². The van der Waals surface area contributed by atoms with Crippen LogP contribution in [0.2, 0.25) is 0 Å². The molecule has 1 atom stereocenters. The minimum atomic E-state index is 0.0390. The minimum absolute atomic E-state index is 0.0390. The molecule has 0 amide bonds. The van der Waals surface area contributed by atoms with E-state index in [4.69, 9.17) is 0 Å². The van der Waals surface area contributed by atoms with Crippen LogP contribution in [0.4, 0.5) is 0 Å². The summed E-state index contributed by atoms with van der Waals surface area (Å²) in [7, 11) is 0. The monoisotopic (exact) mass is 194 g/mol. The van der Waals surface area contributed by atoms with Gasteiger partial charge < -0.3 is 9.88 Å². The van der Waals surface area contributed by atoms with Gasteiger partial charge in [0.25, 0.3) is 0 Å². The Hall–Kier alpha value is -0.900. The van der Waals surface area contributed by atoms with E-state index in [1.807, 2.05) is 6.92 Å². The van der Waals surface area contributed by atoms with E-state index in [0.717, 1.165) is 31.2 Å². The maximum Gasteiger partial charge on any atom is 0.153 e. The van der Waals surface area contributed by atoms with Crippen molar-refractivity contribution >= 4 is 0 Å². The Morgan fingerprint density at radius 2 is 2.29 bits per heavy atom. The third kappa shape index (κ3) is 1.34. The first-order chi connectivity index (χ1) is 6.67. The molecule has 1 N–H and O–H groups in total. The molecule has 0 radical (unpaired) electrons. The zero-order valence-electron chi connectivity index (χ0n) is 9.17. The van der Waals surface area contributed by atoms with Crippen LogP contribution in [0.5, 0.6) is 0 Å². The van der Waals surface area contributed by atoms with E-state index in [0.29, 0.717) is 0 Å². The molecule has 4 nitrogen and oxygen atoms in total. The summed E-state index contributed by atoms with van der Waals surface area (Å²) >= 11 is 0. The third-order valence-corrected chi connectivity index (χ3v) is 3.11.